The van der Waals surface area contributed by atoms with Gasteiger partial charge in [-0.2, -0.15) is 5.10 Å². The number of rotatable bonds is 6. The van der Waals surface area contributed by atoms with Crippen LogP contribution in [0.1, 0.15) is 5.56 Å². The number of imidazole rings is 1. The van der Waals surface area contributed by atoms with Crippen molar-refractivity contribution in [2.75, 3.05) is 6.61 Å². The molecule has 2 aromatic heterocycles. The number of hydrogen-bond acceptors (Lipinski definition) is 3. The molecular weight excluding hydrogens is 252 g/mol. The molecule has 0 aliphatic heterocycles. The van der Waals surface area contributed by atoms with Gasteiger partial charge in [0, 0.05) is 18.6 Å². The third kappa shape index (κ3) is 3.13. The second-order valence-electron chi connectivity index (χ2n) is 4.47. The van der Waals surface area contributed by atoms with Crippen LogP contribution in [0.3, 0.4) is 0 Å². The average Bonchev–Trinajstić information content (AvgIpc) is 3.15. The molecule has 3 aromatic rings. The van der Waals surface area contributed by atoms with E-state index >= 15 is 0 Å². The van der Waals surface area contributed by atoms with Gasteiger partial charge in [0.2, 0.25) is 0 Å². The first kappa shape index (κ1) is 12.6. The summed E-state index contributed by atoms with van der Waals surface area (Å²) in [6.07, 6.45) is 9.20. The number of aromatic nitrogens is 4. The fraction of sp³-hybridized carbons (Fsp3) is 0.200. The van der Waals surface area contributed by atoms with Crippen LogP contribution in [0.25, 0.3) is 5.69 Å². The van der Waals surface area contributed by atoms with Gasteiger partial charge in [0.1, 0.15) is 0 Å². The van der Waals surface area contributed by atoms with Crippen LogP contribution >= 0.6 is 0 Å². The van der Waals surface area contributed by atoms with Gasteiger partial charge in [0.05, 0.1) is 38.0 Å². The summed E-state index contributed by atoms with van der Waals surface area (Å²) in [7, 11) is 0. The summed E-state index contributed by atoms with van der Waals surface area (Å²) in [6.45, 7) is 2.01. The molecule has 0 saturated carbocycles. The molecule has 0 fully saturated rings. The molecule has 20 heavy (non-hydrogen) atoms. The monoisotopic (exact) mass is 268 g/mol. The summed E-state index contributed by atoms with van der Waals surface area (Å²) >= 11 is 0. The lowest BCUT2D eigenvalue weighted by molar-refractivity contribution is 0.111. The molecule has 1 aromatic carbocycles. The van der Waals surface area contributed by atoms with Gasteiger partial charge in [-0.15, -0.1) is 0 Å². The molecule has 0 aliphatic rings. The largest absolute Gasteiger partial charge is 0.375 e. The molecule has 0 N–H and O–H groups in total. The van der Waals surface area contributed by atoms with Crippen molar-refractivity contribution in [3.8, 4) is 5.69 Å². The second-order valence-corrected chi connectivity index (χ2v) is 4.47. The Morgan fingerprint density at radius 3 is 2.85 bits per heavy atom. The van der Waals surface area contributed by atoms with Crippen LogP contribution in [-0.2, 0) is 17.9 Å². The molecule has 0 amide bonds. The number of benzene rings is 1. The normalized spacial score (nSPS) is 10.8. The molecule has 0 unspecified atom stereocenters. The summed E-state index contributed by atoms with van der Waals surface area (Å²) in [6, 6.07) is 10.2. The summed E-state index contributed by atoms with van der Waals surface area (Å²) in [4.78, 5) is 4.02. The smallest absolute Gasteiger partial charge is 0.0992 e. The Balaban J connectivity index is 1.47. The molecule has 0 atom stereocenters. The van der Waals surface area contributed by atoms with E-state index in [1.165, 1.54) is 5.56 Å². The summed E-state index contributed by atoms with van der Waals surface area (Å²) in [5, 5.41) is 4.30. The summed E-state index contributed by atoms with van der Waals surface area (Å²) in [5.74, 6) is 0. The van der Waals surface area contributed by atoms with E-state index in [9.17, 15) is 0 Å². The number of hydrogen-bond donors (Lipinski definition) is 0. The van der Waals surface area contributed by atoms with Crippen molar-refractivity contribution < 1.29 is 4.74 Å². The SMILES string of the molecule is c1ccc(COCCn2cc(-n3ccnc3)cn2)cc1. The van der Waals surface area contributed by atoms with Crippen LogP contribution in [0, 0.1) is 0 Å². The van der Waals surface area contributed by atoms with Crippen molar-refractivity contribution in [3.05, 3.63) is 67.0 Å². The molecule has 2 heterocycles. The predicted octanol–water partition coefficient (Wildman–Crippen LogP) is 2.29. The Hall–Kier alpha value is -2.40. The van der Waals surface area contributed by atoms with E-state index in [0.717, 1.165) is 12.2 Å². The average molecular weight is 268 g/mol. The highest BCUT2D eigenvalue weighted by molar-refractivity contribution is 5.24. The maximum atomic E-state index is 5.64. The zero-order chi connectivity index (χ0) is 13.6. The second kappa shape index (κ2) is 6.16. The summed E-state index contributed by atoms with van der Waals surface area (Å²) in [5.41, 5.74) is 2.19. The lowest BCUT2D eigenvalue weighted by Gasteiger charge is -2.04. The fourth-order valence-electron chi connectivity index (χ4n) is 1.94. The standard InChI is InChI=1S/C15H16N4O/c1-2-4-14(5-3-1)12-20-9-8-19-11-15(10-17-19)18-7-6-16-13-18/h1-7,10-11,13H,8-9,12H2. The minimum absolute atomic E-state index is 0.635. The van der Waals surface area contributed by atoms with Crippen LogP contribution in [-0.4, -0.2) is 25.9 Å². The highest BCUT2D eigenvalue weighted by Gasteiger charge is 2.00. The Bertz CT molecular complexity index is 631. The van der Waals surface area contributed by atoms with Crippen LogP contribution < -0.4 is 0 Å². The maximum absolute atomic E-state index is 5.64. The Morgan fingerprint density at radius 2 is 2.05 bits per heavy atom. The van der Waals surface area contributed by atoms with Gasteiger partial charge >= 0.3 is 0 Å². The van der Waals surface area contributed by atoms with Gasteiger partial charge in [0.25, 0.3) is 0 Å². The lowest BCUT2D eigenvalue weighted by atomic mass is 10.2. The lowest BCUT2D eigenvalue weighted by Crippen LogP contribution is -2.06. The first-order chi connectivity index (χ1) is 9.92. The van der Waals surface area contributed by atoms with Crippen molar-refractivity contribution in [1.29, 1.82) is 0 Å². The Labute approximate surface area is 117 Å². The molecule has 102 valence electrons. The molecule has 5 nitrogen and oxygen atoms in total. The molecule has 0 spiro atoms. The van der Waals surface area contributed by atoms with Crippen LogP contribution in [0.15, 0.2) is 61.4 Å². The minimum Gasteiger partial charge on any atom is -0.375 e. The fourth-order valence-corrected chi connectivity index (χ4v) is 1.94. The van der Waals surface area contributed by atoms with Gasteiger partial charge < -0.3 is 9.30 Å². The third-order valence-corrected chi connectivity index (χ3v) is 3.00. The highest BCUT2D eigenvalue weighted by Crippen LogP contribution is 2.05. The van der Waals surface area contributed by atoms with E-state index in [1.54, 1.807) is 12.5 Å². The van der Waals surface area contributed by atoms with Gasteiger partial charge in [-0.25, -0.2) is 4.98 Å². The minimum atomic E-state index is 0.635. The van der Waals surface area contributed by atoms with E-state index < -0.39 is 0 Å². The van der Waals surface area contributed by atoms with Crippen molar-refractivity contribution in [1.82, 2.24) is 19.3 Å². The Kier molecular flexibility index (Phi) is 3.89. The van der Waals surface area contributed by atoms with Crippen LogP contribution in [0.2, 0.25) is 0 Å². The van der Waals surface area contributed by atoms with Crippen LogP contribution in [0.4, 0.5) is 0 Å². The van der Waals surface area contributed by atoms with Crippen molar-refractivity contribution >= 4 is 0 Å². The molecular formula is C15H16N4O. The molecule has 0 radical (unpaired) electrons. The van der Waals surface area contributed by atoms with Gasteiger partial charge in [-0.1, -0.05) is 30.3 Å². The zero-order valence-electron chi connectivity index (χ0n) is 11.1. The van der Waals surface area contributed by atoms with Gasteiger partial charge in [-0.3, -0.25) is 4.68 Å². The molecule has 0 saturated heterocycles. The molecule has 5 heteroatoms. The van der Waals surface area contributed by atoms with E-state index in [-0.39, 0.29) is 0 Å². The van der Waals surface area contributed by atoms with E-state index in [1.807, 2.05) is 46.0 Å². The van der Waals surface area contributed by atoms with Crippen molar-refractivity contribution in [3.63, 3.8) is 0 Å². The summed E-state index contributed by atoms with van der Waals surface area (Å²) < 4.78 is 9.44. The number of nitrogens with zero attached hydrogens (tertiary/aromatic N) is 4. The molecule has 0 aliphatic carbocycles. The van der Waals surface area contributed by atoms with E-state index in [2.05, 4.69) is 22.2 Å². The molecule has 3 rings (SSSR count). The maximum Gasteiger partial charge on any atom is 0.0992 e. The van der Waals surface area contributed by atoms with Crippen molar-refractivity contribution in [2.24, 2.45) is 0 Å². The van der Waals surface area contributed by atoms with Crippen molar-refractivity contribution in [2.45, 2.75) is 13.2 Å². The van der Waals surface area contributed by atoms with Crippen LogP contribution in [0.5, 0.6) is 0 Å². The van der Waals surface area contributed by atoms with E-state index in [4.69, 9.17) is 4.74 Å². The third-order valence-electron chi connectivity index (χ3n) is 3.00. The zero-order valence-corrected chi connectivity index (χ0v) is 11.1. The first-order valence-electron chi connectivity index (χ1n) is 6.54. The quantitative estimate of drug-likeness (QED) is 0.644. The highest BCUT2D eigenvalue weighted by atomic mass is 16.5. The van der Waals surface area contributed by atoms with Gasteiger partial charge in [0.15, 0.2) is 0 Å². The topological polar surface area (TPSA) is 44.9 Å². The number of ether oxygens (including phenoxy) is 1. The predicted molar refractivity (Wildman–Crippen MR) is 75.4 cm³/mol. The van der Waals surface area contributed by atoms with E-state index in [0.29, 0.717) is 13.2 Å². The Morgan fingerprint density at radius 1 is 1.15 bits per heavy atom. The first-order valence-corrected chi connectivity index (χ1v) is 6.54. The van der Waals surface area contributed by atoms with Gasteiger partial charge in [-0.05, 0) is 5.56 Å². The molecule has 0 bridgehead atoms.